The second kappa shape index (κ2) is 7.25. The van der Waals surface area contributed by atoms with E-state index in [1.165, 1.54) is 0 Å². The standard InChI is InChI=1S/C17H19ClN2O/c1-12-6-5-9-15(18)16(12)20-17(21)14-8-4-3-7-13(14)10-11-19-2/h3-9,19H,10-11H2,1-2H3,(H,20,21). The topological polar surface area (TPSA) is 41.1 Å². The van der Waals surface area contributed by atoms with E-state index in [1.54, 1.807) is 6.07 Å². The number of hydrogen-bond donors (Lipinski definition) is 2. The van der Waals surface area contributed by atoms with Crippen LogP contribution in [0, 0.1) is 6.92 Å². The van der Waals surface area contributed by atoms with Gasteiger partial charge in [0.05, 0.1) is 10.7 Å². The lowest BCUT2D eigenvalue weighted by Gasteiger charge is -2.13. The van der Waals surface area contributed by atoms with Crippen molar-refractivity contribution in [1.29, 1.82) is 0 Å². The molecule has 0 unspecified atom stereocenters. The van der Waals surface area contributed by atoms with Crippen LogP contribution >= 0.6 is 11.6 Å². The zero-order valence-electron chi connectivity index (χ0n) is 12.2. The summed E-state index contributed by atoms with van der Waals surface area (Å²) in [5.41, 5.74) is 3.33. The Hall–Kier alpha value is -1.84. The predicted molar refractivity (Wildman–Crippen MR) is 88.2 cm³/mol. The third-order valence-electron chi connectivity index (χ3n) is 3.37. The summed E-state index contributed by atoms with van der Waals surface area (Å²) < 4.78 is 0. The monoisotopic (exact) mass is 302 g/mol. The molecule has 0 heterocycles. The molecule has 0 spiro atoms. The average Bonchev–Trinajstić information content (AvgIpc) is 2.49. The molecule has 21 heavy (non-hydrogen) atoms. The Labute approximate surface area is 130 Å². The first-order chi connectivity index (χ1) is 10.1. The van der Waals surface area contributed by atoms with Crippen molar-refractivity contribution < 1.29 is 4.79 Å². The lowest BCUT2D eigenvalue weighted by molar-refractivity contribution is 0.102. The number of aryl methyl sites for hydroxylation is 1. The molecule has 0 aliphatic carbocycles. The van der Waals surface area contributed by atoms with Gasteiger partial charge in [-0.15, -0.1) is 0 Å². The highest BCUT2D eigenvalue weighted by Gasteiger charge is 2.13. The van der Waals surface area contributed by atoms with Crippen molar-refractivity contribution in [1.82, 2.24) is 5.32 Å². The number of amides is 1. The number of rotatable bonds is 5. The van der Waals surface area contributed by atoms with E-state index in [-0.39, 0.29) is 5.91 Å². The fourth-order valence-electron chi connectivity index (χ4n) is 2.19. The Morgan fingerprint density at radius 1 is 1.14 bits per heavy atom. The fourth-order valence-corrected chi connectivity index (χ4v) is 2.46. The van der Waals surface area contributed by atoms with Crippen LogP contribution in [0.4, 0.5) is 5.69 Å². The van der Waals surface area contributed by atoms with Crippen molar-refractivity contribution in [2.75, 3.05) is 18.9 Å². The summed E-state index contributed by atoms with van der Waals surface area (Å²) in [5.74, 6) is -0.127. The molecular formula is C17H19ClN2O. The van der Waals surface area contributed by atoms with E-state index in [0.29, 0.717) is 16.3 Å². The van der Waals surface area contributed by atoms with Crippen molar-refractivity contribution in [3.8, 4) is 0 Å². The lowest BCUT2D eigenvalue weighted by Crippen LogP contribution is -2.17. The number of nitrogens with one attached hydrogen (secondary N) is 2. The molecule has 0 saturated carbocycles. The first-order valence-electron chi connectivity index (χ1n) is 6.92. The molecular weight excluding hydrogens is 284 g/mol. The van der Waals surface area contributed by atoms with Gasteiger partial charge >= 0.3 is 0 Å². The summed E-state index contributed by atoms with van der Waals surface area (Å²) in [5, 5.41) is 6.57. The highest BCUT2D eigenvalue weighted by Crippen LogP contribution is 2.26. The molecule has 1 amide bonds. The molecule has 0 saturated heterocycles. The Bertz CT molecular complexity index is 620. The highest BCUT2D eigenvalue weighted by molar-refractivity contribution is 6.34. The fraction of sp³-hybridized carbons (Fsp3) is 0.235. The largest absolute Gasteiger partial charge is 0.320 e. The first-order valence-corrected chi connectivity index (χ1v) is 7.30. The van der Waals surface area contributed by atoms with E-state index >= 15 is 0 Å². The third-order valence-corrected chi connectivity index (χ3v) is 3.68. The minimum Gasteiger partial charge on any atom is -0.320 e. The van der Waals surface area contributed by atoms with Crippen LogP contribution in [-0.4, -0.2) is 19.5 Å². The molecule has 3 nitrogen and oxygen atoms in total. The number of likely N-dealkylation sites (N-methyl/N-ethyl adjacent to an activating group) is 1. The van der Waals surface area contributed by atoms with E-state index in [2.05, 4.69) is 10.6 Å². The normalized spacial score (nSPS) is 10.4. The van der Waals surface area contributed by atoms with Gasteiger partial charge in [0.1, 0.15) is 0 Å². The van der Waals surface area contributed by atoms with E-state index in [1.807, 2.05) is 50.4 Å². The number of carbonyl (C=O) groups excluding carboxylic acids is 1. The number of carbonyl (C=O) groups is 1. The maximum atomic E-state index is 12.5. The molecule has 0 radical (unpaired) electrons. The number of hydrogen-bond acceptors (Lipinski definition) is 2. The van der Waals surface area contributed by atoms with Crippen LogP contribution in [0.3, 0.4) is 0 Å². The number of anilines is 1. The Morgan fingerprint density at radius 3 is 2.62 bits per heavy atom. The molecule has 0 aromatic heterocycles. The van der Waals surface area contributed by atoms with Crippen molar-refractivity contribution in [2.24, 2.45) is 0 Å². The van der Waals surface area contributed by atoms with Gasteiger partial charge in [-0.3, -0.25) is 4.79 Å². The number of halogens is 1. The minimum atomic E-state index is -0.127. The molecule has 2 rings (SSSR count). The summed E-state index contributed by atoms with van der Waals surface area (Å²) in [6.45, 7) is 2.75. The van der Waals surface area contributed by atoms with Crippen LogP contribution in [-0.2, 0) is 6.42 Å². The summed E-state index contributed by atoms with van der Waals surface area (Å²) in [6.07, 6.45) is 0.807. The predicted octanol–water partition coefficient (Wildman–Crippen LogP) is 3.66. The smallest absolute Gasteiger partial charge is 0.255 e. The molecule has 0 bridgehead atoms. The maximum Gasteiger partial charge on any atom is 0.255 e. The van der Waals surface area contributed by atoms with Crippen molar-refractivity contribution >= 4 is 23.2 Å². The van der Waals surface area contributed by atoms with Crippen LogP contribution < -0.4 is 10.6 Å². The van der Waals surface area contributed by atoms with Crippen LogP contribution in [0.2, 0.25) is 5.02 Å². The van der Waals surface area contributed by atoms with Crippen molar-refractivity contribution in [3.05, 3.63) is 64.2 Å². The van der Waals surface area contributed by atoms with Gasteiger partial charge in [-0.25, -0.2) is 0 Å². The average molecular weight is 303 g/mol. The van der Waals surface area contributed by atoms with E-state index in [9.17, 15) is 4.79 Å². The Balaban J connectivity index is 2.25. The quantitative estimate of drug-likeness (QED) is 0.885. The summed E-state index contributed by atoms with van der Waals surface area (Å²) >= 11 is 6.16. The molecule has 0 fully saturated rings. The second-order valence-electron chi connectivity index (χ2n) is 4.90. The second-order valence-corrected chi connectivity index (χ2v) is 5.30. The first kappa shape index (κ1) is 15.5. The molecule has 0 atom stereocenters. The van der Waals surface area contributed by atoms with Gasteiger partial charge in [0, 0.05) is 5.56 Å². The zero-order chi connectivity index (χ0) is 15.2. The van der Waals surface area contributed by atoms with Crippen LogP contribution in [0.5, 0.6) is 0 Å². The van der Waals surface area contributed by atoms with Gasteiger partial charge in [-0.1, -0.05) is 41.9 Å². The van der Waals surface area contributed by atoms with Gasteiger partial charge in [-0.05, 0) is 50.2 Å². The maximum absolute atomic E-state index is 12.5. The van der Waals surface area contributed by atoms with E-state index in [4.69, 9.17) is 11.6 Å². The van der Waals surface area contributed by atoms with Gasteiger partial charge < -0.3 is 10.6 Å². The highest BCUT2D eigenvalue weighted by atomic mass is 35.5. The number of para-hydroxylation sites is 1. The van der Waals surface area contributed by atoms with Crippen LogP contribution in [0.1, 0.15) is 21.5 Å². The summed E-state index contributed by atoms with van der Waals surface area (Å²) in [6, 6.07) is 13.2. The third kappa shape index (κ3) is 3.84. The van der Waals surface area contributed by atoms with E-state index in [0.717, 1.165) is 24.1 Å². The molecule has 0 aliphatic heterocycles. The van der Waals surface area contributed by atoms with Gasteiger partial charge in [0.15, 0.2) is 0 Å². The number of benzene rings is 2. The Morgan fingerprint density at radius 2 is 1.90 bits per heavy atom. The van der Waals surface area contributed by atoms with Crippen molar-refractivity contribution in [3.63, 3.8) is 0 Å². The van der Waals surface area contributed by atoms with Crippen LogP contribution in [0.25, 0.3) is 0 Å². The summed E-state index contributed by atoms with van der Waals surface area (Å²) in [7, 11) is 1.90. The molecule has 2 N–H and O–H groups in total. The molecule has 4 heteroatoms. The molecule has 2 aromatic rings. The summed E-state index contributed by atoms with van der Waals surface area (Å²) in [4.78, 5) is 12.5. The zero-order valence-corrected chi connectivity index (χ0v) is 13.0. The minimum absolute atomic E-state index is 0.127. The van der Waals surface area contributed by atoms with Crippen molar-refractivity contribution in [2.45, 2.75) is 13.3 Å². The van der Waals surface area contributed by atoms with Gasteiger partial charge in [-0.2, -0.15) is 0 Å². The molecule has 0 aliphatic rings. The molecule has 2 aromatic carbocycles. The SMILES string of the molecule is CNCCc1ccccc1C(=O)Nc1c(C)cccc1Cl. The van der Waals surface area contributed by atoms with E-state index < -0.39 is 0 Å². The van der Waals surface area contributed by atoms with Gasteiger partial charge in [0.2, 0.25) is 0 Å². The lowest BCUT2D eigenvalue weighted by atomic mass is 10.0. The Kier molecular flexibility index (Phi) is 5.37. The van der Waals surface area contributed by atoms with Crippen LogP contribution in [0.15, 0.2) is 42.5 Å². The molecule has 110 valence electrons. The van der Waals surface area contributed by atoms with Gasteiger partial charge in [0.25, 0.3) is 5.91 Å².